The van der Waals surface area contributed by atoms with Gasteiger partial charge in [-0.1, -0.05) is 54.1 Å². The van der Waals surface area contributed by atoms with Crippen LogP contribution in [0.5, 0.6) is 11.5 Å². The Balaban J connectivity index is 1.68. The first-order valence-corrected chi connectivity index (χ1v) is 8.40. The highest BCUT2D eigenvalue weighted by Crippen LogP contribution is 2.31. The van der Waals surface area contributed by atoms with E-state index < -0.39 is 0 Å². The van der Waals surface area contributed by atoms with Crippen LogP contribution in [0, 0.1) is 13.8 Å². The van der Waals surface area contributed by atoms with Crippen molar-refractivity contribution in [2.75, 3.05) is 0 Å². The van der Waals surface area contributed by atoms with Crippen molar-refractivity contribution >= 4 is 10.9 Å². The first-order chi connectivity index (χ1) is 12.2. The van der Waals surface area contributed by atoms with E-state index in [1.54, 1.807) is 0 Å². The molecule has 0 unspecified atom stereocenters. The summed E-state index contributed by atoms with van der Waals surface area (Å²) in [5.41, 5.74) is 5.49. The number of hydrogen-bond acceptors (Lipinski definition) is 2. The average Bonchev–Trinajstić information content (AvgIpc) is 2.64. The average molecular weight is 325 g/mol. The number of pyridine rings is 1. The lowest BCUT2D eigenvalue weighted by molar-refractivity contribution is 0.487. The molecule has 2 nitrogen and oxygen atoms in total. The zero-order valence-electron chi connectivity index (χ0n) is 14.4. The predicted octanol–water partition coefficient (Wildman–Crippen LogP) is 6.31. The number of nitrogens with zero attached hydrogens (tertiary/aromatic N) is 1. The summed E-state index contributed by atoms with van der Waals surface area (Å²) in [6.45, 7) is 4.07. The summed E-state index contributed by atoms with van der Waals surface area (Å²) in [6.07, 6.45) is 0. The summed E-state index contributed by atoms with van der Waals surface area (Å²) < 4.78 is 6.18. The first kappa shape index (κ1) is 15.4. The minimum Gasteiger partial charge on any atom is -0.457 e. The van der Waals surface area contributed by atoms with Crippen LogP contribution in [0.25, 0.3) is 22.0 Å². The number of rotatable bonds is 3. The molecular weight excluding hydrogens is 306 g/mol. The van der Waals surface area contributed by atoms with Gasteiger partial charge in [-0.3, -0.25) is 4.98 Å². The van der Waals surface area contributed by atoms with Gasteiger partial charge in [-0.15, -0.1) is 0 Å². The zero-order valence-corrected chi connectivity index (χ0v) is 14.4. The van der Waals surface area contributed by atoms with Crippen LogP contribution in [0.3, 0.4) is 0 Å². The molecule has 0 saturated carbocycles. The molecule has 1 aromatic heterocycles. The van der Waals surface area contributed by atoms with Crippen LogP contribution < -0.4 is 4.74 Å². The molecule has 0 fully saturated rings. The largest absolute Gasteiger partial charge is 0.457 e. The number of fused-ring (bicyclic) bond motifs is 1. The Morgan fingerprint density at radius 2 is 1.44 bits per heavy atom. The molecule has 0 spiro atoms. The van der Waals surface area contributed by atoms with E-state index in [1.807, 2.05) is 49.4 Å². The van der Waals surface area contributed by atoms with E-state index in [-0.39, 0.29) is 0 Å². The molecule has 3 aromatic carbocycles. The molecule has 0 N–H and O–H groups in total. The molecule has 0 saturated heterocycles. The molecule has 0 aliphatic rings. The molecule has 0 aliphatic heterocycles. The van der Waals surface area contributed by atoms with Gasteiger partial charge >= 0.3 is 0 Å². The van der Waals surface area contributed by atoms with Crippen molar-refractivity contribution in [2.45, 2.75) is 13.8 Å². The van der Waals surface area contributed by atoms with Crippen LogP contribution in [0.1, 0.15) is 11.3 Å². The smallest absolute Gasteiger partial charge is 0.138 e. The van der Waals surface area contributed by atoms with Crippen molar-refractivity contribution in [3.63, 3.8) is 0 Å². The van der Waals surface area contributed by atoms with Gasteiger partial charge in [-0.05, 0) is 49.2 Å². The van der Waals surface area contributed by atoms with Crippen molar-refractivity contribution in [3.05, 3.63) is 90.1 Å². The highest BCUT2D eigenvalue weighted by Gasteiger charge is 2.07. The Labute approximate surface area is 147 Å². The molecule has 4 rings (SSSR count). The van der Waals surface area contributed by atoms with Gasteiger partial charge in [0, 0.05) is 17.1 Å². The van der Waals surface area contributed by atoms with E-state index in [0.717, 1.165) is 28.1 Å². The molecule has 0 radical (unpaired) electrons. The van der Waals surface area contributed by atoms with Crippen LogP contribution in [-0.2, 0) is 0 Å². The fourth-order valence-corrected chi connectivity index (χ4v) is 2.99. The molecule has 122 valence electrons. The van der Waals surface area contributed by atoms with Crippen molar-refractivity contribution < 1.29 is 4.74 Å². The summed E-state index contributed by atoms with van der Waals surface area (Å²) in [7, 11) is 0. The van der Waals surface area contributed by atoms with E-state index in [1.165, 1.54) is 16.7 Å². The first-order valence-electron chi connectivity index (χ1n) is 8.40. The third-order valence-electron chi connectivity index (χ3n) is 4.24. The maximum absolute atomic E-state index is 6.18. The number of benzene rings is 3. The van der Waals surface area contributed by atoms with Gasteiger partial charge in [0.2, 0.25) is 0 Å². The van der Waals surface area contributed by atoms with E-state index in [9.17, 15) is 0 Å². The molecule has 0 aliphatic carbocycles. The minimum absolute atomic E-state index is 0.827. The lowest BCUT2D eigenvalue weighted by Crippen LogP contribution is -1.91. The van der Waals surface area contributed by atoms with Gasteiger partial charge in [0.15, 0.2) is 0 Å². The Hall–Kier alpha value is -3.13. The maximum atomic E-state index is 6.18. The molecule has 0 amide bonds. The molecule has 0 bridgehead atoms. The van der Waals surface area contributed by atoms with Crippen LogP contribution in [0.2, 0.25) is 0 Å². The molecule has 4 aromatic rings. The van der Waals surface area contributed by atoms with Crippen LogP contribution in [0.4, 0.5) is 0 Å². The lowest BCUT2D eigenvalue weighted by atomic mass is 10.1. The Morgan fingerprint density at radius 3 is 2.20 bits per heavy atom. The Morgan fingerprint density at radius 1 is 0.720 bits per heavy atom. The predicted molar refractivity (Wildman–Crippen MR) is 103 cm³/mol. The van der Waals surface area contributed by atoms with Crippen molar-refractivity contribution in [2.24, 2.45) is 0 Å². The van der Waals surface area contributed by atoms with Crippen molar-refractivity contribution in [1.82, 2.24) is 4.98 Å². The van der Waals surface area contributed by atoms with E-state index in [4.69, 9.17) is 4.74 Å². The monoisotopic (exact) mass is 325 g/mol. The van der Waals surface area contributed by atoms with Gasteiger partial charge in [0.25, 0.3) is 0 Å². The van der Waals surface area contributed by atoms with Crippen molar-refractivity contribution in [3.8, 4) is 22.6 Å². The second-order valence-electron chi connectivity index (χ2n) is 6.27. The molecular formula is C23H19NO. The summed E-state index contributed by atoms with van der Waals surface area (Å²) in [5, 5.41) is 1.04. The van der Waals surface area contributed by atoms with Gasteiger partial charge in [0.1, 0.15) is 11.5 Å². The summed E-state index contributed by atoms with van der Waals surface area (Å²) in [6, 6.07) is 26.8. The zero-order chi connectivity index (χ0) is 17.2. The number of aromatic nitrogens is 1. The summed E-state index contributed by atoms with van der Waals surface area (Å²) >= 11 is 0. The maximum Gasteiger partial charge on any atom is 0.138 e. The van der Waals surface area contributed by atoms with E-state index >= 15 is 0 Å². The van der Waals surface area contributed by atoms with Crippen molar-refractivity contribution in [1.29, 1.82) is 0 Å². The molecule has 25 heavy (non-hydrogen) atoms. The van der Waals surface area contributed by atoms with Gasteiger partial charge in [-0.2, -0.15) is 0 Å². The highest BCUT2D eigenvalue weighted by molar-refractivity contribution is 5.86. The standard InChI is InChI=1S/C23H19NO/c1-16-8-13-22-21(14-16)23(15-17(2)24-22)25-20-11-9-19(10-12-20)18-6-4-3-5-7-18/h3-15H,1-2H3. The molecule has 2 heteroatoms. The second kappa shape index (κ2) is 6.40. The SMILES string of the molecule is Cc1ccc2nc(C)cc(Oc3ccc(-c4ccccc4)cc3)c2c1. The van der Waals surface area contributed by atoms with Gasteiger partial charge in [0.05, 0.1) is 5.52 Å². The van der Waals surface area contributed by atoms with Crippen LogP contribution >= 0.6 is 0 Å². The molecule has 1 heterocycles. The Kier molecular flexibility index (Phi) is 3.95. The normalized spacial score (nSPS) is 10.8. The lowest BCUT2D eigenvalue weighted by Gasteiger charge is -2.11. The summed E-state index contributed by atoms with van der Waals surface area (Å²) in [5.74, 6) is 1.67. The fraction of sp³-hybridized carbons (Fsp3) is 0.0870. The Bertz CT molecular complexity index is 1020. The fourth-order valence-electron chi connectivity index (χ4n) is 2.99. The van der Waals surface area contributed by atoms with Gasteiger partial charge < -0.3 is 4.74 Å². The van der Waals surface area contributed by atoms with E-state index in [0.29, 0.717) is 0 Å². The van der Waals surface area contributed by atoms with Gasteiger partial charge in [-0.25, -0.2) is 0 Å². The van der Waals surface area contributed by atoms with E-state index in [2.05, 4.69) is 48.3 Å². The number of ether oxygens (including phenoxy) is 1. The number of aryl methyl sites for hydroxylation is 2. The van der Waals surface area contributed by atoms with Crippen LogP contribution in [-0.4, -0.2) is 4.98 Å². The topological polar surface area (TPSA) is 22.1 Å². The minimum atomic E-state index is 0.827. The quantitative estimate of drug-likeness (QED) is 0.440. The second-order valence-corrected chi connectivity index (χ2v) is 6.27. The third-order valence-corrected chi connectivity index (χ3v) is 4.24. The third kappa shape index (κ3) is 3.24. The summed E-state index contributed by atoms with van der Waals surface area (Å²) in [4.78, 5) is 4.59. The highest BCUT2D eigenvalue weighted by atomic mass is 16.5. The van der Waals surface area contributed by atoms with Crippen LogP contribution in [0.15, 0.2) is 78.9 Å². The molecule has 0 atom stereocenters. The number of hydrogen-bond donors (Lipinski definition) is 0.